The van der Waals surface area contributed by atoms with Gasteiger partial charge in [-0.05, 0) is 26.1 Å². The van der Waals surface area contributed by atoms with Crippen LogP contribution in [0.2, 0.25) is 0 Å². The first-order valence-electron chi connectivity index (χ1n) is 6.04. The predicted molar refractivity (Wildman–Crippen MR) is 74.5 cm³/mol. The summed E-state index contributed by atoms with van der Waals surface area (Å²) in [6.45, 7) is 2.16. The van der Waals surface area contributed by atoms with Crippen molar-refractivity contribution in [1.82, 2.24) is 15.5 Å². The summed E-state index contributed by atoms with van der Waals surface area (Å²) in [6, 6.07) is 6.19. The minimum atomic E-state index is -0.341. The van der Waals surface area contributed by atoms with Crippen LogP contribution in [0, 0.1) is 5.82 Å². The molecule has 1 atom stereocenters. The van der Waals surface area contributed by atoms with Crippen molar-refractivity contribution >= 4 is 12.4 Å². The smallest absolute Gasteiger partial charge is 0.264 e. The molecule has 0 amide bonds. The van der Waals surface area contributed by atoms with E-state index in [1.165, 1.54) is 12.1 Å². The number of hydrogen-bond donors (Lipinski definition) is 1. The summed E-state index contributed by atoms with van der Waals surface area (Å²) in [5, 5.41) is 6.95. The Kier molecular flexibility index (Phi) is 6.41. The molecule has 2 rings (SSSR count). The number of benzene rings is 1. The zero-order valence-electron chi connectivity index (χ0n) is 11.3. The summed E-state index contributed by atoms with van der Waals surface area (Å²) < 4.78 is 23.4. The second-order valence-corrected chi connectivity index (χ2v) is 4.24. The Labute approximate surface area is 122 Å². The maximum atomic E-state index is 12.9. The van der Waals surface area contributed by atoms with Crippen molar-refractivity contribution in [3.05, 3.63) is 41.8 Å². The van der Waals surface area contributed by atoms with Crippen LogP contribution in [0.3, 0.4) is 0 Å². The zero-order chi connectivity index (χ0) is 13.7. The molecule has 1 N–H and O–H groups in total. The fourth-order valence-corrected chi connectivity index (χ4v) is 1.51. The Bertz CT molecular complexity index is 536. The lowest BCUT2D eigenvalue weighted by atomic mass is 10.2. The number of halogens is 2. The highest BCUT2D eigenvalue weighted by Gasteiger charge is 2.10. The van der Waals surface area contributed by atoms with Gasteiger partial charge in [-0.2, -0.15) is 4.98 Å². The molecule has 20 heavy (non-hydrogen) atoms. The van der Waals surface area contributed by atoms with Gasteiger partial charge < -0.3 is 14.6 Å². The molecular weight excluding hydrogens is 285 g/mol. The molecule has 0 saturated heterocycles. The van der Waals surface area contributed by atoms with Gasteiger partial charge in [-0.25, -0.2) is 4.39 Å². The number of nitrogens with one attached hydrogen (secondary N) is 1. The van der Waals surface area contributed by atoms with E-state index < -0.39 is 0 Å². The van der Waals surface area contributed by atoms with Gasteiger partial charge in [0.25, 0.3) is 5.89 Å². The number of hydrogen-bond acceptors (Lipinski definition) is 5. The normalized spacial score (nSPS) is 11.8. The number of rotatable bonds is 6. The third kappa shape index (κ3) is 4.79. The lowest BCUT2D eigenvalue weighted by Crippen LogP contribution is -2.24. The topological polar surface area (TPSA) is 60.2 Å². The van der Waals surface area contributed by atoms with Crippen molar-refractivity contribution in [2.45, 2.75) is 26.0 Å². The molecule has 0 bridgehead atoms. The zero-order valence-corrected chi connectivity index (χ0v) is 12.1. The first-order chi connectivity index (χ1) is 9.17. The van der Waals surface area contributed by atoms with E-state index in [0.717, 1.165) is 0 Å². The third-order valence-electron chi connectivity index (χ3n) is 2.65. The first-order valence-corrected chi connectivity index (χ1v) is 6.04. The predicted octanol–water partition coefficient (Wildman–Crippen LogP) is 2.36. The summed E-state index contributed by atoms with van der Waals surface area (Å²) in [5.41, 5.74) is 0. The van der Waals surface area contributed by atoms with Crippen LogP contribution in [0.25, 0.3) is 0 Å². The molecule has 0 fully saturated rings. The molecule has 0 aliphatic rings. The Morgan fingerprint density at radius 2 is 2.25 bits per heavy atom. The molecule has 110 valence electrons. The van der Waals surface area contributed by atoms with E-state index in [1.54, 1.807) is 12.1 Å². The fourth-order valence-electron chi connectivity index (χ4n) is 1.51. The van der Waals surface area contributed by atoms with Gasteiger partial charge in [0, 0.05) is 18.5 Å². The fraction of sp³-hybridized carbons (Fsp3) is 0.385. The number of likely N-dealkylation sites (N-methyl/N-ethyl adjacent to an activating group) is 1. The van der Waals surface area contributed by atoms with Gasteiger partial charge >= 0.3 is 0 Å². The van der Waals surface area contributed by atoms with E-state index in [0.29, 0.717) is 23.9 Å². The Hall–Kier alpha value is -1.66. The Morgan fingerprint density at radius 1 is 1.45 bits per heavy atom. The standard InChI is InChI=1S/C13H16FN3O2.ClH/c1-9(15-2)6-12-16-13(19-17-12)8-18-11-5-3-4-10(14)7-11;/h3-5,7,9,15H,6,8H2,1-2H3;1H. The molecule has 0 saturated carbocycles. The molecular formula is C13H17ClFN3O2. The lowest BCUT2D eigenvalue weighted by molar-refractivity contribution is 0.241. The van der Waals surface area contributed by atoms with E-state index in [1.807, 2.05) is 14.0 Å². The monoisotopic (exact) mass is 301 g/mol. The average molecular weight is 302 g/mol. The van der Waals surface area contributed by atoms with Crippen LogP contribution in [0.4, 0.5) is 4.39 Å². The maximum Gasteiger partial charge on any atom is 0.264 e. The highest BCUT2D eigenvalue weighted by molar-refractivity contribution is 5.85. The summed E-state index contributed by atoms with van der Waals surface area (Å²) in [5.74, 6) is 1.09. The van der Waals surface area contributed by atoms with Gasteiger partial charge in [-0.1, -0.05) is 11.2 Å². The summed E-state index contributed by atoms with van der Waals surface area (Å²) in [4.78, 5) is 4.20. The van der Waals surface area contributed by atoms with Crippen LogP contribution in [0.15, 0.2) is 28.8 Å². The van der Waals surface area contributed by atoms with E-state index in [9.17, 15) is 4.39 Å². The van der Waals surface area contributed by atoms with Crippen LogP contribution in [0.1, 0.15) is 18.6 Å². The highest BCUT2D eigenvalue weighted by Crippen LogP contribution is 2.13. The highest BCUT2D eigenvalue weighted by atomic mass is 35.5. The number of ether oxygens (including phenoxy) is 1. The van der Waals surface area contributed by atoms with Gasteiger partial charge in [-0.3, -0.25) is 0 Å². The van der Waals surface area contributed by atoms with Crippen LogP contribution >= 0.6 is 12.4 Å². The summed E-state index contributed by atoms with van der Waals surface area (Å²) in [7, 11) is 1.87. The van der Waals surface area contributed by atoms with E-state index in [4.69, 9.17) is 9.26 Å². The molecule has 0 aliphatic heterocycles. The quantitative estimate of drug-likeness (QED) is 0.887. The molecule has 7 heteroatoms. The molecule has 5 nitrogen and oxygen atoms in total. The molecule has 0 aliphatic carbocycles. The van der Waals surface area contributed by atoms with Crippen molar-refractivity contribution in [2.75, 3.05) is 7.05 Å². The van der Waals surface area contributed by atoms with Crippen LogP contribution in [-0.4, -0.2) is 23.2 Å². The van der Waals surface area contributed by atoms with Crippen LogP contribution in [-0.2, 0) is 13.0 Å². The van der Waals surface area contributed by atoms with Gasteiger partial charge in [0.05, 0.1) is 0 Å². The number of nitrogens with zero attached hydrogens (tertiary/aromatic N) is 2. The second-order valence-electron chi connectivity index (χ2n) is 4.24. The summed E-state index contributed by atoms with van der Waals surface area (Å²) in [6.07, 6.45) is 0.681. The Morgan fingerprint density at radius 3 is 2.95 bits per heavy atom. The van der Waals surface area contributed by atoms with Gasteiger partial charge in [0.2, 0.25) is 0 Å². The molecule has 1 heterocycles. The minimum absolute atomic E-state index is 0. The van der Waals surface area contributed by atoms with Gasteiger partial charge in [-0.15, -0.1) is 12.4 Å². The molecule has 0 radical (unpaired) electrons. The molecule has 1 aromatic carbocycles. The third-order valence-corrected chi connectivity index (χ3v) is 2.65. The van der Waals surface area contributed by atoms with Crippen molar-refractivity contribution in [3.63, 3.8) is 0 Å². The van der Waals surface area contributed by atoms with Gasteiger partial charge in [0.15, 0.2) is 12.4 Å². The maximum absolute atomic E-state index is 12.9. The second kappa shape index (κ2) is 7.81. The van der Waals surface area contributed by atoms with Crippen LogP contribution in [0.5, 0.6) is 5.75 Å². The van der Waals surface area contributed by atoms with Crippen molar-refractivity contribution in [1.29, 1.82) is 0 Å². The summed E-state index contributed by atoms with van der Waals surface area (Å²) >= 11 is 0. The largest absolute Gasteiger partial charge is 0.484 e. The average Bonchev–Trinajstić information content (AvgIpc) is 2.84. The molecule has 1 aromatic heterocycles. The minimum Gasteiger partial charge on any atom is -0.484 e. The number of aromatic nitrogens is 2. The molecule has 1 unspecified atom stereocenters. The van der Waals surface area contributed by atoms with E-state index in [2.05, 4.69) is 15.5 Å². The van der Waals surface area contributed by atoms with E-state index in [-0.39, 0.29) is 30.9 Å². The molecule has 0 spiro atoms. The van der Waals surface area contributed by atoms with Crippen molar-refractivity contribution in [2.24, 2.45) is 0 Å². The van der Waals surface area contributed by atoms with E-state index >= 15 is 0 Å². The SMILES string of the molecule is CNC(C)Cc1noc(COc2cccc(F)c2)n1.Cl. The van der Waals surface area contributed by atoms with Crippen LogP contribution < -0.4 is 10.1 Å². The van der Waals surface area contributed by atoms with Gasteiger partial charge in [0.1, 0.15) is 11.6 Å². The lowest BCUT2D eigenvalue weighted by Gasteiger charge is -2.04. The van der Waals surface area contributed by atoms with Crippen molar-refractivity contribution in [3.8, 4) is 5.75 Å². The van der Waals surface area contributed by atoms with Crippen molar-refractivity contribution < 1.29 is 13.7 Å². The molecule has 2 aromatic rings. The Balaban J connectivity index is 0.00000200. The first kappa shape index (κ1) is 16.4.